The van der Waals surface area contributed by atoms with E-state index >= 15 is 0 Å². The standard InChI is InChI=1S/C7H16N2O4S/c1-12-5-2-8-14(10,11)9-3-6-13-7-4-9/h8H,2-7H2,1H3. The zero-order valence-corrected chi connectivity index (χ0v) is 9.05. The molecule has 0 amide bonds. The van der Waals surface area contributed by atoms with Gasteiger partial charge in [-0.05, 0) is 0 Å². The van der Waals surface area contributed by atoms with Gasteiger partial charge in [0.2, 0.25) is 0 Å². The third-order valence-electron chi connectivity index (χ3n) is 1.90. The minimum absolute atomic E-state index is 0.302. The fourth-order valence-electron chi connectivity index (χ4n) is 1.15. The van der Waals surface area contributed by atoms with Gasteiger partial charge in [-0.3, -0.25) is 0 Å². The Hall–Kier alpha value is -0.210. The third-order valence-corrected chi connectivity index (χ3v) is 3.51. The van der Waals surface area contributed by atoms with Crippen LogP contribution in [-0.2, 0) is 19.7 Å². The molecule has 0 aromatic carbocycles. The van der Waals surface area contributed by atoms with Gasteiger partial charge in [-0.1, -0.05) is 0 Å². The second-order valence-corrected chi connectivity index (χ2v) is 4.66. The summed E-state index contributed by atoms with van der Waals surface area (Å²) >= 11 is 0. The highest BCUT2D eigenvalue weighted by atomic mass is 32.2. The van der Waals surface area contributed by atoms with E-state index in [0.717, 1.165) is 0 Å². The lowest BCUT2D eigenvalue weighted by Crippen LogP contribution is -2.47. The van der Waals surface area contributed by atoms with E-state index in [1.165, 1.54) is 11.4 Å². The van der Waals surface area contributed by atoms with Crippen LogP contribution < -0.4 is 4.72 Å². The molecule has 0 aromatic rings. The summed E-state index contributed by atoms with van der Waals surface area (Å²) in [6, 6.07) is 0. The van der Waals surface area contributed by atoms with Crippen LogP contribution in [0, 0.1) is 0 Å². The molecule has 0 spiro atoms. The van der Waals surface area contributed by atoms with Crippen molar-refractivity contribution in [1.82, 2.24) is 9.03 Å². The molecule has 0 bridgehead atoms. The maximum atomic E-state index is 11.6. The number of hydrogen-bond acceptors (Lipinski definition) is 4. The zero-order valence-electron chi connectivity index (χ0n) is 8.23. The summed E-state index contributed by atoms with van der Waals surface area (Å²) in [4.78, 5) is 0. The highest BCUT2D eigenvalue weighted by Crippen LogP contribution is 2.01. The van der Waals surface area contributed by atoms with E-state index in [9.17, 15) is 8.42 Å². The number of nitrogens with zero attached hydrogens (tertiary/aromatic N) is 1. The Balaban J connectivity index is 2.38. The summed E-state index contributed by atoms with van der Waals surface area (Å²) in [7, 11) is -1.80. The molecule has 7 heteroatoms. The van der Waals surface area contributed by atoms with Crippen molar-refractivity contribution in [1.29, 1.82) is 0 Å². The Morgan fingerprint density at radius 1 is 1.43 bits per heavy atom. The summed E-state index contributed by atoms with van der Waals surface area (Å²) in [5.74, 6) is 0. The second kappa shape index (κ2) is 5.62. The molecule has 0 aliphatic carbocycles. The number of rotatable bonds is 5. The molecule has 1 aliphatic rings. The molecule has 1 rings (SSSR count). The molecule has 6 nitrogen and oxygen atoms in total. The Morgan fingerprint density at radius 3 is 2.64 bits per heavy atom. The van der Waals surface area contributed by atoms with Gasteiger partial charge in [-0.25, -0.2) is 0 Å². The van der Waals surface area contributed by atoms with Crippen molar-refractivity contribution in [2.45, 2.75) is 0 Å². The Bertz CT molecular complexity index is 248. The lowest BCUT2D eigenvalue weighted by molar-refractivity contribution is 0.0723. The summed E-state index contributed by atoms with van der Waals surface area (Å²) in [5.41, 5.74) is 0. The molecule has 0 aromatic heterocycles. The normalized spacial score (nSPS) is 19.8. The lowest BCUT2D eigenvalue weighted by atomic mass is 10.5. The topological polar surface area (TPSA) is 67.9 Å². The van der Waals surface area contributed by atoms with Crippen LogP contribution in [-0.4, -0.2) is 59.3 Å². The van der Waals surface area contributed by atoms with Gasteiger partial charge >= 0.3 is 0 Å². The average Bonchev–Trinajstić information content (AvgIpc) is 2.19. The Kier molecular flexibility index (Phi) is 4.76. The van der Waals surface area contributed by atoms with Crippen LogP contribution >= 0.6 is 0 Å². The molecule has 84 valence electrons. The highest BCUT2D eigenvalue weighted by molar-refractivity contribution is 7.87. The SMILES string of the molecule is COCCNS(=O)(=O)N1CCOCC1. The smallest absolute Gasteiger partial charge is 0.279 e. The van der Waals surface area contributed by atoms with Crippen LogP contribution in [0.15, 0.2) is 0 Å². The number of ether oxygens (including phenoxy) is 2. The van der Waals surface area contributed by atoms with Crippen molar-refractivity contribution >= 4 is 10.2 Å². The maximum Gasteiger partial charge on any atom is 0.279 e. The molecule has 1 saturated heterocycles. The van der Waals surface area contributed by atoms with Crippen LogP contribution in [0.3, 0.4) is 0 Å². The van der Waals surface area contributed by atoms with Gasteiger partial charge in [-0.15, -0.1) is 0 Å². The van der Waals surface area contributed by atoms with Crippen LogP contribution in [0.1, 0.15) is 0 Å². The van der Waals surface area contributed by atoms with E-state index in [1.54, 1.807) is 0 Å². The molecule has 0 atom stereocenters. The largest absolute Gasteiger partial charge is 0.383 e. The van der Waals surface area contributed by atoms with Crippen LogP contribution in [0.2, 0.25) is 0 Å². The van der Waals surface area contributed by atoms with E-state index in [-0.39, 0.29) is 0 Å². The first-order chi connectivity index (χ1) is 6.67. The first-order valence-electron chi connectivity index (χ1n) is 4.48. The fourth-order valence-corrected chi connectivity index (χ4v) is 2.30. The van der Waals surface area contributed by atoms with Crippen molar-refractivity contribution in [3.63, 3.8) is 0 Å². The van der Waals surface area contributed by atoms with Crippen LogP contribution in [0.4, 0.5) is 0 Å². The second-order valence-electron chi connectivity index (χ2n) is 2.90. The minimum atomic E-state index is -3.33. The van der Waals surface area contributed by atoms with E-state index in [1.807, 2.05) is 0 Å². The number of methoxy groups -OCH3 is 1. The fraction of sp³-hybridized carbons (Fsp3) is 1.00. The van der Waals surface area contributed by atoms with Crippen molar-refractivity contribution in [2.75, 3.05) is 46.6 Å². The molecule has 14 heavy (non-hydrogen) atoms. The van der Waals surface area contributed by atoms with E-state index in [0.29, 0.717) is 39.5 Å². The van der Waals surface area contributed by atoms with Crippen molar-refractivity contribution in [2.24, 2.45) is 0 Å². The van der Waals surface area contributed by atoms with Gasteiger partial charge in [0.25, 0.3) is 10.2 Å². The molecular formula is C7H16N2O4S. The quantitative estimate of drug-likeness (QED) is 0.596. The maximum absolute atomic E-state index is 11.6. The molecule has 0 radical (unpaired) electrons. The van der Waals surface area contributed by atoms with Crippen molar-refractivity contribution in [3.8, 4) is 0 Å². The van der Waals surface area contributed by atoms with Crippen molar-refractivity contribution in [3.05, 3.63) is 0 Å². The molecule has 1 fully saturated rings. The molecule has 0 unspecified atom stereocenters. The molecular weight excluding hydrogens is 208 g/mol. The van der Waals surface area contributed by atoms with Gasteiger partial charge in [0, 0.05) is 26.7 Å². The monoisotopic (exact) mass is 224 g/mol. The van der Waals surface area contributed by atoms with Crippen molar-refractivity contribution < 1.29 is 17.9 Å². The van der Waals surface area contributed by atoms with Gasteiger partial charge < -0.3 is 9.47 Å². The lowest BCUT2D eigenvalue weighted by Gasteiger charge is -2.25. The van der Waals surface area contributed by atoms with Crippen LogP contribution in [0.5, 0.6) is 0 Å². The number of hydrogen-bond donors (Lipinski definition) is 1. The molecule has 1 heterocycles. The first-order valence-corrected chi connectivity index (χ1v) is 5.92. The van der Waals surface area contributed by atoms with Gasteiger partial charge in [0.15, 0.2) is 0 Å². The first kappa shape index (κ1) is 11.9. The summed E-state index contributed by atoms with van der Waals surface area (Å²) < 4.78 is 36.8. The number of nitrogens with one attached hydrogen (secondary N) is 1. The number of morpholine rings is 1. The molecule has 0 saturated carbocycles. The average molecular weight is 224 g/mol. The third kappa shape index (κ3) is 3.50. The predicted octanol–water partition coefficient (Wildman–Crippen LogP) is -1.20. The van der Waals surface area contributed by atoms with E-state index in [4.69, 9.17) is 9.47 Å². The zero-order chi connectivity index (χ0) is 10.4. The van der Waals surface area contributed by atoms with Gasteiger partial charge in [-0.2, -0.15) is 17.4 Å². The Morgan fingerprint density at radius 2 is 2.07 bits per heavy atom. The van der Waals surface area contributed by atoms with Gasteiger partial charge in [0.1, 0.15) is 0 Å². The predicted molar refractivity (Wildman–Crippen MR) is 51.2 cm³/mol. The summed E-state index contributed by atoms with van der Waals surface area (Å²) in [6.45, 7) is 2.45. The highest BCUT2D eigenvalue weighted by Gasteiger charge is 2.23. The van der Waals surface area contributed by atoms with Crippen LogP contribution in [0.25, 0.3) is 0 Å². The Labute approximate surface area is 84.4 Å². The van der Waals surface area contributed by atoms with E-state index in [2.05, 4.69) is 4.72 Å². The molecule has 1 N–H and O–H groups in total. The summed E-state index contributed by atoms with van der Waals surface area (Å²) in [5, 5.41) is 0. The van der Waals surface area contributed by atoms with E-state index < -0.39 is 10.2 Å². The minimum Gasteiger partial charge on any atom is -0.383 e. The molecule has 1 aliphatic heterocycles. The summed E-state index contributed by atoms with van der Waals surface area (Å²) in [6.07, 6.45) is 0. The van der Waals surface area contributed by atoms with Gasteiger partial charge in [0.05, 0.1) is 19.8 Å².